The quantitative estimate of drug-likeness (QED) is 0.431. The molecule has 0 amide bonds. The summed E-state index contributed by atoms with van der Waals surface area (Å²) in [6, 6.07) is 0. The van der Waals surface area contributed by atoms with Crippen molar-refractivity contribution in [2.24, 2.45) is 44.8 Å². The highest BCUT2D eigenvalue weighted by molar-refractivity contribution is 5.82. The third-order valence-corrected chi connectivity index (χ3v) is 12.7. The largest absolute Gasteiger partial charge is 0.481 e. The van der Waals surface area contributed by atoms with E-state index in [1.54, 1.807) is 0 Å². The summed E-state index contributed by atoms with van der Waals surface area (Å²) in [6.07, 6.45) is 8.16. The van der Waals surface area contributed by atoms with E-state index in [1.165, 1.54) is 16.7 Å². The molecule has 0 saturated heterocycles. The van der Waals surface area contributed by atoms with Gasteiger partial charge < -0.3 is 15.3 Å². The molecule has 34 heavy (non-hydrogen) atoms. The van der Waals surface area contributed by atoms with Crippen molar-refractivity contribution in [3.63, 3.8) is 0 Å². The minimum atomic E-state index is -0.723. The summed E-state index contributed by atoms with van der Waals surface area (Å²) in [7, 11) is 0. The number of aliphatic hydroxyl groups excluding tert-OH is 2. The molecule has 3 N–H and O–H groups in total. The van der Waals surface area contributed by atoms with Gasteiger partial charge in [0.25, 0.3) is 0 Å². The number of hydrogen-bond donors (Lipinski definition) is 3. The van der Waals surface area contributed by atoms with Gasteiger partial charge in [-0.05, 0) is 109 Å². The summed E-state index contributed by atoms with van der Waals surface area (Å²) in [5.74, 6) is 0.576. The Bertz CT molecular complexity index is 976. The first-order valence-corrected chi connectivity index (χ1v) is 13.7. The summed E-state index contributed by atoms with van der Waals surface area (Å²) in [4.78, 5) is 12.8. The van der Waals surface area contributed by atoms with Crippen LogP contribution in [0.25, 0.3) is 0 Å². The van der Waals surface area contributed by atoms with Crippen LogP contribution in [0.4, 0.5) is 0 Å². The average Bonchev–Trinajstić information content (AvgIpc) is 2.75. The Balaban J connectivity index is 1.66. The molecule has 0 aromatic rings. The number of aliphatic hydroxyl groups is 2. The zero-order valence-corrected chi connectivity index (χ0v) is 22.4. The lowest BCUT2D eigenvalue weighted by molar-refractivity contribution is -0.227. The molecule has 0 spiro atoms. The molecule has 9 atom stereocenters. The molecule has 1 unspecified atom stereocenters. The molecule has 0 radical (unpaired) electrons. The van der Waals surface area contributed by atoms with Crippen LogP contribution in [0.1, 0.15) is 99.8 Å². The third-order valence-electron chi connectivity index (χ3n) is 12.7. The van der Waals surface area contributed by atoms with Crippen molar-refractivity contribution >= 4 is 5.97 Å². The summed E-state index contributed by atoms with van der Waals surface area (Å²) >= 11 is 0. The van der Waals surface area contributed by atoms with E-state index in [0.29, 0.717) is 24.2 Å². The Kier molecular flexibility index (Phi) is 5.21. The molecule has 3 fully saturated rings. The minimum Gasteiger partial charge on any atom is -0.481 e. The topological polar surface area (TPSA) is 77.8 Å². The van der Waals surface area contributed by atoms with Crippen LogP contribution in [-0.4, -0.2) is 33.5 Å². The number of carbonyl (C=O) groups is 1. The number of allylic oxidation sites excluding steroid dienone is 3. The Morgan fingerprint density at radius 2 is 1.65 bits per heavy atom. The molecule has 0 bridgehead atoms. The van der Waals surface area contributed by atoms with Crippen LogP contribution in [0.3, 0.4) is 0 Å². The number of hydrogen-bond acceptors (Lipinski definition) is 3. The minimum absolute atomic E-state index is 0.0407. The maximum atomic E-state index is 12.8. The summed E-state index contributed by atoms with van der Waals surface area (Å²) in [5, 5.41) is 32.4. The van der Waals surface area contributed by atoms with Crippen LogP contribution in [0.2, 0.25) is 0 Å². The molecule has 5 aliphatic rings. The fourth-order valence-corrected chi connectivity index (χ4v) is 10.4. The van der Waals surface area contributed by atoms with Gasteiger partial charge in [-0.15, -0.1) is 0 Å². The Hall–Kier alpha value is -1.13. The lowest BCUT2D eigenvalue weighted by Crippen LogP contribution is -2.66. The first-order valence-electron chi connectivity index (χ1n) is 13.7. The van der Waals surface area contributed by atoms with E-state index in [4.69, 9.17) is 0 Å². The molecule has 0 heterocycles. The van der Waals surface area contributed by atoms with Crippen molar-refractivity contribution in [1.29, 1.82) is 0 Å². The smallest absolute Gasteiger partial charge is 0.314 e. The molecule has 190 valence electrons. The molecule has 3 saturated carbocycles. The second kappa shape index (κ2) is 7.22. The molecular formula is C30H46O4. The van der Waals surface area contributed by atoms with E-state index < -0.39 is 23.6 Å². The lowest BCUT2D eigenvalue weighted by Gasteiger charge is -2.70. The molecule has 0 aromatic heterocycles. The average molecular weight is 471 g/mol. The van der Waals surface area contributed by atoms with Gasteiger partial charge in [0.2, 0.25) is 0 Å². The predicted octanol–water partition coefficient (Wildman–Crippen LogP) is 6.12. The monoisotopic (exact) mass is 470 g/mol. The predicted molar refractivity (Wildman–Crippen MR) is 134 cm³/mol. The third kappa shape index (κ3) is 2.71. The van der Waals surface area contributed by atoms with Crippen LogP contribution in [-0.2, 0) is 4.79 Å². The fourth-order valence-electron chi connectivity index (χ4n) is 10.4. The van der Waals surface area contributed by atoms with Crippen molar-refractivity contribution in [3.05, 3.63) is 22.8 Å². The van der Waals surface area contributed by atoms with Gasteiger partial charge in [-0.25, -0.2) is 0 Å². The van der Waals surface area contributed by atoms with Gasteiger partial charge in [0.05, 0.1) is 17.6 Å². The van der Waals surface area contributed by atoms with Crippen LogP contribution in [0.5, 0.6) is 0 Å². The van der Waals surface area contributed by atoms with E-state index in [2.05, 4.69) is 54.5 Å². The van der Waals surface area contributed by atoms with Crippen molar-refractivity contribution in [3.8, 4) is 0 Å². The lowest BCUT2D eigenvalue weighted by atomic mass is 9.34. The van der Waals surface area contributed by atoms with E-state index >= 15 is 0 Å². The van der Waals surface area contributed by atoms with Gasteiger partial charge in [-0.2, -0.15) is 0 Å². The van der Waals surface area contributed by atoms with E-state index in [9.17, 15) is 20.1 Å². The fraction of sp³-hybridized carbons (Fsp3) is 0.833. The Labute approximate surface area is 205 Å². The van der Waals surface area contributed by atoms with Gasteiger partial charge in [0.15, 0.2) is 0 Å². The molecule has 4 heteroatoms. The number of carboxylic acids is 1. The van der Waals surface area contributed by atoms with Crippen molar-refractivity contribution < 1.29 is 20.1 Å². The summed E-state index contributed by atoms with van der Waals surface area (Å²) < 4.78 is 0. The normalized spacial score (nSPS) is 52.0. The number of fused-ring (bicyclic) bond motifs is 7. The molecule has 0 aliphatic heterocycles. The highest BCUT2D eigenvalue weighted by atomic mass is 16.4. The van der Waals surface area contributed by atoms with E-state index in [0.717, 1.165) is 44.9 Å². The van der Waals surface area contributed by atoms with E-state index in [-0.39, 0.29) is 21.7 Å². The second-order valence-electron chi connectivity index (χ2n) is 14.2. The SMILES string of the molecule is CC1=C2C3=CC[C@@H]4[C@@]5(C)C[C@@H](O)[C@H](O)C(C)(C)C5CC[C@@]4(C)[C@]3(C)CC[C@@]2(C(=O)O)CC[C@H]1C. The van der Waals surface area contributed by atoms with Crippen LogP contribution in [0.15, 0.2) is 22.8 Å². The zero-order chi connectivity index (χ0) is 25.1. The Morgan fingerprint density at radius 1 is 0.971 bits per heavy atom. The maximum Gasteiger partial charge on any atom is 0.314 e. The highest BCUT2D eigenvalue weighted by Crippen LogP contribution is 2.75. The molecular weight excluding hydrogens is 424 g/mol. The second-order valence-corrected chi connectivity index (χ2v) is 14.2. The number of aliphatic carboxylic acids is 1. The van der Waals surface area contributed by atoms with Gasteiger partial charge in [-0.3, -0.25) is 4.79 Å². The number of rotatable bonds is 1. The Morgan fingerprint density at radius 3 is 2.29 bits per heavy atom. The van der Waals surface area contributed by atoms with E-state index in [1.807, 2.05) is 0 Å². The van der Waals surface area contributed by atoms with Crippen molar-refractivity contribution in [1.82, 2.24) is 0 Å². The van der Waals surface area contributed by atoms with Gasteiger partial charge >= 0.3 is 5.97 Å². The molecule has 4 nitrogen and oxygen atoms in total. The summed E-state index contributed by atoms with van der Waals surface area (Å²) in [6.45, 7) is 16.0. The van der Waals surface area contributed by atoms with Gasteiger partial charge in [-0.1, -0.05) is 53.2 Å². The van der Waals surface area contributed by atoms with Crippen LogP contribution < -0.4 is 0 Å². The molecule has 5 rings (SSSR count). The summed E-state index contributed by atoms with van der Waals surface area (Å²) in [5.41, 5.74) is 2.68. The van der Waals surface area contributed by atoms with Crippen molar-refractivity contribution in [2.45, 2.75) is 112 Å². The zero-order valence-electron chi connectivity index (χ0n) is 22.4. The van der Waals surface area contributed by atoms with Crippen LogP contribution >= 0.6 is 0 Å². The highest BCUT2D eigenvalue weighted by Gasteiger charge is 2.69. The number of carboxylic acid groups (broad SMARTS) is 1. The maximum absolute atomic E-state index is 12.8. The molecule has 0 aromatic carbocycles. The van der Waals surface area contributed by atoms with Crippen molar-refractivity contribution in [2.75, 3.05) is 0 Å². The van der Waals surface area contributed by atoms with Gasteiger partial charge in [0, 0.05) is 0 Å². The van der Waals surface area contributed by atoms with Gasteiger partial charge in [0.1, 0.15) is 0 Å². The first-order chi connectivity index (χ1) is 15.7. The molecule has 5 aliphatic carbocycles. The van der Waals surface area contributed by atoms with Crippen LogP contribution in [0, 0.1) is 44.8 Å². The standard InChI is InChI=1S/C30H46O4/c1-17-10-13-30(25(33)34)15-14-28(6)19(23(30)18(17)2)8-9-22-27(5)16-20(31)24(32)26(3,4)21(27)11-12-29(22,28)7/h8,17,20-22,24,31-32H,9-16H2,1-7H3,(H,33,34)/t17-,20-,21?,22-,24+,27+,28-,29-,30+/m1/s1. The first kappa shape index (κ1) is 24.6.